The molecule has 0 unspecified atom stereocenters. The van der Waals surface area contributed by atoms with E-state index < -0.39 is 11.8 Å². The van der Waals surface area contributed by atoms with E-state index in [1.165, 1.54) is 6.21 Å². The number of hydrazone groups is 1. The van der Waals surface area contributed by atoms with Gasteiger partial charge in [0, 0.05) is 28.7 Å². The molecule has 0 aliphatic carbocycles. The zero-order valence-corrected chi connectivity index (χ0v) is 16.4. The minimum Gasteiger partial charge on any atom is -0.346 e. The number of nitrogens with zero attached hydrogens (tertiary/aromatic N) is 2. The molecule has 0 saturated heterocycles. The van der Waals surface area contributed by atoms with E-state index in [0.29, 0.717) is 10.0 Å². The van der Waals surface area contributed by atoms with Crippen molar-refractivity contribution in [3.8, 4) is 5.69 Å². The summed E-state index contributed by atoms with van der Waals surface area (Å²) in [5, 5.41) is 7.32. The minimum absolute atomic E-state index is 0.123. The van der Waals surface area contributed by atoms with E-state index in [0.717, 1.165) is 22.6 Å². The van der Waals surface area contributed by atoms with Crippen LogP contribution in [-0.4, -0.2) is 28.6 Å². The molecule has 0 spiro atoms. The fourth-order valence-corrected chi connectivity index (χ4v) is 2.77. The van der Waals surface area contributed by atoms with Crippen molar-refractivity contribution in [3.05, 3.63) is 51.3 Å². The number of nitrogens with one attached hydrogen (secondary N) is 2. The molecule has 0 fully saturated rings. The highest BCUT2D eigenvalue weighted by Crippen LogP contribution is 2.27. The first-order valence-corrected chi connectivity index (χ1v) is 8.74. The molecule has 8 heteroatoms. The number of hydrogen-bond donors (Lipinski definition) is 2. The molecule has 0 aliphatic rings. The number of halogens is 2. The normalized spacial score (nSPS) is 11.2. The van der Waals surface area contributed by atoms with Gasteiger partial charge in [0.2, 0.25) is 0 Å². The van der Waals surface area contributed by atoms with Crippen LogP contribution in [0.15, 0.2) is 29.4 Å². The van der Waals surface area contributed by atoms with Gasteiger partial charge in [-0.1, -0.05) is 23.2 Å². The van der Waals surface area contributed by atoms with Crippen molar-refractivity contribution in [1.82, 2.24) is 15.3 Å². The lowest BCUT2D eigenvalue weighted by atomic mass is 10.2. The second-order valence-electron chi connectivity index (χ2n) is 6.09. The van der Waals surface area contributed by atoms with Crippen molar-refractivity contribution in [2.45, 2.75) is 33.7 Å². The first-order valence-electron chi connectivity index (χ1n) is 7.99. The van der Waals surface area contributed by atoms with Crippen molar-refractivity contribution in [2.24, 2.45) is 5.10 Å². The van der Waals surface area contributed by atoms with Crippen LogP contribution >= 0.6 is 23.2 Å². The summed E-state index contributed by atoms with van der Waals surface area (Å²) in [6, 6.07) is 7.18. The zero-order chi connectivity index (χ0) is 19.4. The lowest BCUT2D eigenvalue weighted by Crippen LogP contribution is -2.41. The Morgan fingerprint density at radius 1 is 1.12 bits per heavy atom. The molecule has 6 nitrogen and oxygen atoms in total. The summed E-state index contributed by atoms with van der Waals surface area (Å²) in [6.45, 7) is 7.41. The van der Waals surface area contributed by atoms with Crippen LogP contribution in [0.25, 0.3) is 5.69 Å². The Morgan fingerprint density at radius 2 is 1.81 bits per heavy atom. The second-order valence-corrected chi connectivity index (χ2v) is 6.90. The SMILES string of the molecule is Cc1cc(/C=N\NC(=O)C(=O)NC(C)C)c(C)n1-c1ccc(Cl)c(Cl)c1. The molecule has 26 heavy (non-hydrogen) atoms. The average molecular weight is 395 g/mol. The lowest BCUT2D eigenvalue weighted by Gasteiger charge is -2.10. The van der Waals surface area contributed by atoms with Gasteiger partial charge in [-0.3, -0.25) is 9.59 Å². The number of carbonyl (C=O) groups excluding carboxylic acids is 2. The van der Waals surface area contributed by atoms with Gasteiger partial charge < -0.3 is 9.88 Å². The van der Waals surface area contributed by atoms with Crippen LogP contribution < -0.4 is 10.7 Å². The maximum Gasteiger partial charge on any atom is 0.329 e. The molecule has 0 atom stereocenters. The highest BCUT2D eigenvalue weighted by molar-refractivity contribution is 6.42. The number of hydrogen-bond acceptors (Lipinski definition) is 3. The van der Waals surface area contributed by atoms with Gasteiger partial charge in [0.25, 0.3) is 0 Å². The summed E-state index contributed by atoms with van der Waals surface area (Å²) in [5.41, 5.74) is 5.76. The molecule has 2 amide bonds. The summed E-state index contributed by atoms with van der Waals surface area (Å²) >= 11 is 12.1. The molecule has 138 valence electrons. The molecule has 1 heterocycles. The summed E-state index contributed by atoms with van der Waals surface area (Å²) in [4.78, 5) is 23.2. The number of aryl methyl sites for hydroxylation is 1. The van der Waals surface area contributed by atoms with Gasteiger partial charge in [-0.05, 0) is 52.0 Å². The van der Waals surface area contributed by atoms with E-state index in [9.17, 15) is 9.59 Å². The number of aromatic nitrogens is 1. The zero-order valence-electron chi connectivity index (χ0n) is 14.9. The molecular weight excluding hydrogens is 375 g/mol. The monoisotopic (exact) mass is 394 g/mol. The average Bonchev–Trinajstić information content (AvgIpc) is 2.83. The highest BCUT2D eigenvalue weighted by atomic mass is 35.5. The summed E-state index contributed by atoms with van der Waals surface area (Å²) < 4.78 is 2.00. The van der Waals surface area contributed by atoms with Crippen molar-refractivity contribution >= 4 is 41.2 Å². The molecular formula is C18H20Cl2N4O2. The third-order valence-corrected chi connectivity index (χ3v) is 4.37. The lowest BCUT2D eigenvalue weighted by molar-refractivity contribution is -0.139. The van der Waals surface area contributed by atoms with Gasteiger partial charge >= 0.3 is 11.8 Å². The van der Waals surface area contributed by atoms with Crippen molar-refractivity contribution < 1.29 is 9.59 Å². The van der Waals surface area contributed by atoms with Crippen LogP contribution in [0.1, 0.15) is 30.8 Å². The molecule has 1 aromatic carbocycles. The maximum atomic E-state index is 11.6. The molecule has 2 aromatic rings. The van der Waals surface area contributed by atoms with E-state index in [2.05, 4.69) is 15.8 Å². The molecule has 2 rings (SSSR count). The maximum absolute atomic E-state index is 11.6. The number of benzene rings is 1. The first kappa shape index (κ1) is 20.0. The smallest absolute Gasteiger partial charge is 0.329 e. The topological polar surface area (TPSA) is 75.5 Å². The van der Waals surface area contributed by atoms with E-state index >= 15 is 0 Å². The van der Waals surface area contributed by atoms with Crippen LogP contribution in [-0.2, 0) is 9.59 Å². The van der Waals surface area contributed by atoms with Crippen LogP contribution in [0, 0.1) is 13.8 Å². The van der Waals surface area contributed by atoms with Gasteiger partial charge in [-0.15, -0.1) is 0 Å². The Morgan fingerprint density at radius 3 is 2.42 bits per heavy atom. The van der Waals surface area contributed by atoms with Crippen molar-refractivity contribution in [3.63, 3.8) is 0 Å². The van der Waals surface area contributed by atoms with Crippen molar-refractivity contribution in [2.75, 3.05) is 0 Å². The van der Waals surface area contributed by atoms with Crippen LogP contribution in [0.2, 0.25) is 10.0 Å². The van der Waals surface area contributed by atoms with Gasteiger partial charge in [0.05, 0.1) is 16.3 Å². The number of carbonyl (C=O) groups is 2. The molecule has 0 saturated carbocycles. The third-order valence-electron chi connectivity index (χ3n) is 3.63. The largest absolute Gasteiger partial charge is 0.346 e. The van der Waals surface area contributed by atoms with Crippen LogP contribution in [0.5, 0.6) is 0 Å². The standard InChI is InChI=1S/C18H20Cl2N4O2/c1-10(2)22-17(25)18(26)23-21-9-13-7-11(3)24(12(13)4)14-5-6-15(19)16(20)8-14/h5-10H,1-4H3,(H,22,25)(H,23,26)/b21-9-. The Labute approximate surface area is 162 Å². The molecule has 2 N–H and O–H groups in total. The number of rotatable bonds is 4. The Kier molecular flexibility index (Phi) is 6.45. The van der Waals surface area contributed by atoms with Crippen LogP contribution in [0.3, 0.4) is 0 Å². The van der Waals surface area contributed by atoms with E-state index in [1.807, 2.05) is 30.5 Å². The van der Waals surface area contributed by atoms with Gasteiger partial charge in [0.1, 0.15) is 0 Å². The predicted molar refractivity (Wildman–Crippen MR) is 104 cm³/mol. The highest BCUT2D eigenvalue weighted by Gasteiger charge is 2.14. The van der Waals surface area contributed by atoms with E-state index in [-0.39, 0.29) is 6.04 Å². The van der Waals surface area contributed by atoms with E-state index in [4.69, 9.17) is 23.2 Å². The second kappa shape index (κ2) is 8.38. The van der Waals surface area contributed by atoms with Crippen molar-refractivity contribution in [1.29, 1.82) is 0 Å². The quantitative estimate of drug-likeness (QED) is 0.473. The Hall–Kier alpha value is -2.31. The Balaban J connectivity index is 2.18. The molecule has 0 bridgehead atoms. The molecule has 1 aromatic heterocycles. The number of amides is 2. The summed E-state index contributed by atoms with van der Waals surface area (Å²) in [6.07, 6.45) is 1.50. The molecule has 0 radical (unpaired) electrons. The summed E-state index contributed by atoms with van der Waals surface area (Å²) in [5.74, 6) is -1.54. The van der Waals surface area contributed by atoms with Gasteiger partial charge in [-0.2, -0.15) is 5.10 Å². The fourth-order valence-electron chi connectivity index (χ4n) is 2.48. The minimum atomic E-state index is -0.812. The van der Waals surface area contributed by atoms with E-state index in [1.54, 1.807) is 26.0 Å². The van der Waals surface area contributed by atoms with Crippen LogP contribution in [0.4, 0.5) is 0 Å². The van der Waals surface area contributed by atoms with Gasteiger partial charge in [-0.25, -0.2) is 5.43 Å². The summed E-state index contributed by atoms with van der Waals surface area (Å²) in [7, 11) is 0. The molecule has 0 aliphatic heterocycles. The first-order chi connectivity index (χ1) is 12.2. The predicted octanol–water partition coefficient (Wildman–Crippen LogP) is 3.38. The Bertz CT molecular complexity index is 872. The fraction of sp³-hybridized carbons (Fsp3) is 0.278. The van der Waals surface area contributed by atoms with Gasteiger partial charge in [0.15, 0.2) is 0 Å². The third kappa shape index (κ3) is 4.65.